The van der Waals surface area contributed by atoms with Gasteiger partial charge in [0.25, 0.3) is 0 Å². The number of alkyl halides is 3. The highest BCUT2D eigenvalue weighted by Crippen LogP contribution is 2.45. The fourth-order valence-corrected chi connectivity index (χ4v) is 3.41. The lowest BCUT2D eigenvalue weighted by molar-refractivity contribution is -0.138. The molecule has 0 bridgehead atoms. The summed E-state index contributed by atoms with van der Waals surface area (Å²) in [6, 6.07) is 8.48. The van der Waals surface area contributed by atoms with Gasteiger partial charge in [0.15, 0.2) is 0 Å². The molecule has 0 radical (unpaired) electrons. The number of hydrogen-bond donors (Lipinski definition) is 1. The third-order valence-electron chi connectivity index (χ3n) is 4.65. The molecule has 1 atom stereocenters. The van der Waals surface area contributed by atoms with Gasteiger partial charge in [0.05, 0.1) is 24.4 Å². The van der Waals surface area contributed by atoms with E-state index < -0.39 is 29.6 Å². The second kappa shape index (κ2) is 8.35. The van der Waals surface area contributed by atoms with Crippen LogP contribution in [-0.4, -0.2) is 24.8 Å². The molecule has 1 aliphatic rings. The smallest absolute Gasteiger partial charge is 0.416 e. The number of halogens is 4. The largest absolute Gasteiger partial charge is 0.479 e. The number of carboxylic acid groups (broad SMARTS) is 1. The minimum absolute atomic E-state index is 0.0660. The number of rotatable bonds is 6. The lowest BCUT2D eigenvalue weighted by atomic mass is 9.93. The van der Waals surface area contributed by atoms with Crippen LogP contribution in [0, 0.1) is 5.82 Å². The highest BCUT2D eigenvalue weighted by Gasteiger charge is 2.40. The van der Waals surface area contributed by atoms with Gasteiger partial charge in [0.1, 0.15) is 17.5 Å². The van der Waals surface area contributed by atoms with Gasteiger partial charge in [-0.1, -0.05) is 18.2 Å². The Morgan fingerprint density at radius 3 is 2.50 bits per heavy atom. The summed E-state index contributed by atoms with van der Waals surface area (Å²) in [6.07, 6.45) is -5.74. The van der Waals surface area contributed by atoms with Crippen LogP contribution >= 0.6 is 0 Å². The Bertz CT molecular complexity index is 987. The molecule has 0 aromatic heterocycles. The van der Waals surface area contributed by atoms with E-state index in [1.54, 1.807) is 13.0 Å². The molecular formula is C21H19F4NO4. The Balaban J connectivity index is 2.25. The van der Waals surface area contributed by atoms with E-state index in [4.69, 9.17) is 9.47 Å². The predicted octanol–water partition coefficient (Wildman–Crippen LogP) is 4.88. The van der Waals surface area contributed by atoms with Gasteiger partial charge >= 0.3 is 12.1 Å². The van der Waals surface area contributed by atoms with Gasteiger partial charge in [-0.15, -0.1) is 0 Å². The molecule has 9 heteroatoms. The van der Waals surface area contributed by atoms with Crippen molar-refractivity contribution >= 4 is 11.7 Å². The number of fused-ring (bicyclic) bond motifs is 1. The molecule has 1 N–H and O–H groups in total. The first-order valence-corrected chi connectivity index (χ1v) is 9.03. The summed E-state index contributed by atoms with van der Waals surface area (Å²) in [4.78, 5) is 13.3. The number of carbonyl (C=O) groups is 1. The summed E-state index contributed by atoms with van der Waals surface area (Å²) >= 11 is 0. The number of nitrogens with zero attached hydrogens (tertiary/aromatic N) is 1. The molecular weight excluding hydrogens is 406 g/mol. The van der Waals surface area contributed by atoms with Crippen molar-refractivity contribution in [1.82, 2.24) is 0 Å². The maximum atomic E-state index is 13.7. The SMILES string of the molecule is CCOC1=C(C(=O)O)C(OC)c2ccc(C(F)(F)F)cc2N1Cc1cccc(F)c1. The summed E-state index contributed by atoms with van der Waals surface area (Å²) in [5.74, 6) is -2.00. The Labute approximate surface area is 170 Å². The summed E-state index contributed by atoms with van der Waals surface area (Å²) < 4.78 is 64.6. The van der Waals surface area contributed by atoms with Gasteiger partial charge in [-0.3, -0.25) is 0 Å². The van der Waals surface area contributed by atoms with E-state index in [-0.39, 0.29) is 35.9 Å². The third-order valence-corrected chi connectivity index (χ3v) is 4.65. The third kappa shape index (κ3) is 4.11. The van der Waals surface area contributed by atoms with Crippen molar-refractivity contribution in [3.8, 4) is 0 Å². The molecule has 3 rings (SSSR count). The van der Waals surface area contributed by atoms with E-state index in [1.165, 1.54) is 36.3 Å². The highest BCUT2D eigenvalue weighted by atomic mass is 19.4. The molecule has 160 valence electrons. The lowest BCUT2D eigenvalue weighted by Gasteiger charge is -2.37. The van der Waals surface area contributed by atoms with Crippen molar-refractivity contribution < 1.29 is 36.9 Å². The van der Waals surface area contributed by atoms with Crippen molar-refractivity contribution in [3.63, 3.8) is 0 Å². The lowest BCUT2D eigenvalue weighted by Crippen LogP contribution is -2.34. The number of benzene rings is 2. The van der Waals surface area contributed by atoms with Gasteiger partial charge in [-0.05, 0) is 36.8 Å². The van der Waals surface area contributed by atoms with Crippen molar-refractivity contribution in [1.29, 1.82) is 0 Å². The molecule has 0 saturated heterocycles. The van der Waals surface area contributed by atoms with Crippen molar-refractivity contribution in [2.45, 2.75) is 25.7 Å². The van der Waals surface area contributed by atoms with Crippen LogP contribution in [0.1, 0.15) is 29.7 Å². The zero-order chi connectivity index (χ0) is 22.1. The van der Waals surface area contributed by atoms with Crippen LogP contribution in [0.2, 0.25) is 0 Å². The van der Waals surface area contributed by atoms with Crippen LogP contribution in [0.4, 0.5) is 23.2 Å². The van der Waals surface area contributed by atoms with Crippen LogP contribution in [0.15, 0.2) is 53.9 Å². The minimum atomic E-state index is -4.61. The molecule has 0 spiro atoms. The van der Waals surface area contributed by atoms with E-state index in [9.17, 15) is 27.5 Å². The minimum Gasteiger partial charge on any atom is -0.479 e. The maximum Gasteiger partial charge on any atom is 0.416 e. The number of methoxy groups -OCH3 is 1. The molecule has 0 saturated carbocycles. The second-order valence-electron chi connectivity index (χ2n) is 6.56. The number of ether oxygens (including phenoxy) is 2. The molecule has 5 nitrogen and oxygen atoms in total. The molecule has 30 heavy (non-hydrogen) atoms. The quantitative estimate of drug-likeness (QED) is 0.669. The van der Waals surface area contributed by atoms with Gasteiger partial charge in [0.2, 0.25) is 5.88 Å². The van der Waals surface area contributed by atoms with E-state index in [0.29, 0.717) is 5.56 Å². The summed E-state index contributed by atoms with van der Waals surface area (Å²) in [5, 5.41) is 9.79. The van der Waals surface area contributed by atoms with Crippen LogP contribution < -0.4 is 4.90 Å². The van der Waals surface area contributed by atoms with Crippen molar-refractivity contribution in [3.05, 3.63) is 76.4 Å². The molecule has 1 unspecified atom stereocenters. The summed E-state index contributed by atoms with van der Waals surface area (Å²) in [6.45, 7) is 1.58. The first kappa shape index (κ1) is 21.6. The van der Waals surface area contributed by atoms with Crippen molar-refractivity contribution in [2.24, 2.45) is 0 Å². The van der Waals surface area contributed by atoms with E-state index >= 15 is 0 Å². The van der Waals surface area contributed by atoms with E-state index in [1.807, 2.05) is 0 Å². The topological polar surface area (TPSA) is 59.0 Å². The fourth-order valence-electron chi connectivity index (χ4n) is 3.41. The van der Waals surface area contributed by atoms with Gasteiger partial charge < -0.3 is 19.5 Å². The number of aliphatic carboxylic acids is 1. The molecule has 2 aromatic rings. The molecule has 2 aromatic carbocycles. The summed E-state index contributed by atoms with van der Waals surface area (Å²) in [7, 11) is 1.26. The molecule has 0 fully saturated rings. The van der Waals surface area contributed by atoms with E-state index in [0.717, 1.165) is 12.1 Å². The number of anilines is 1. The van der Waals surface area contributed by atoms with Crippen molar-refractivity contribution in [2.75, 3.05) is 18.6 Å². The molecule has 1 heterocycles. The first-order valence-electron chi connectivity index (χ1n) is 9.03. The first-order chi connectivity index (χ1) is 14.2. The van der Waals surface area contributed by atoms with Gasteiger partial charge in [-0.25, -0.2) is 9.18 Å². The molecule has 0 aliphatic carbocycles. The number of carboxylic acids is 1. The Kier molecular flexibility index (Phi) is 6.02. The Morgan fingerprint density at radius 1 is 1.20 bits per heavy atom. The highest BCUT2D eigenvalue weighted by molar-refractivity contribution is 5.91. The van der Waals surface area contributed by atoms with Crippen LogP contribution in [-0.2, 0) is 27.0 Å². The Morgan fingerprint density at radius 2 is 1.93 bits per heavy atom. The predicted molar refractivity (Wildman–Crippen MR) is 100 cm³/mol. The molecule has 0 amide bonds. The average molecular weight is 425 g/mol. The van der Waals surface area contributed by atoms with Gasteiger partial charge in [-0.2, -0.15) is 13.2 Å². The maximum absolute atomic E-state index is 13.7. The van der Waals surface area contributed by atoms with Gasteiger partial charge in [0, 0.05) is 12.7 Å². The Hall–Kier alpha value is -3.07. The number of hydrogen-bond acceptors (Lipinski definition) is 4. The van der Waals surface area contributed by atoms with Crippen LogP contribution in [0.3, 0.4) is 0 Å². The zero-order valence-corrected chi connectivity index (χ0v) is 16.2. The normalized spacial score (nSPS) is 16.5. The van der Waals surface area contributed by atoms with Crippen LogP contribution in [0.5, 0.6) is 0 Å². The average Bonchev–Trinajstić information content (AvgIpc) is 2.68. The second-order valence-corrected chi connectivity index (χ2v) is 6.56. The molecule has 1 aliphatic heterocycles. The fraction of sp³-hybridized carbons (Fsp3) is 0.286. The monoisotopic (exact) mass is 425 g/mol. The van der Waals surface area contributed by atoms with Crippen LogP contribution in [0.25, 0.3) is 0 Å². The summed E-state index contributed by atoms with van der Waals surface area (Å²) in [5.41, 5.74) is -0.411. The van der Waals surface area contributed by atoms with E-state index in [2.05, 4.69) is 0 Å². The standard InChI is InChI=1S/C21H19F4NO4/c1-3-30-19-17(20(27)28)18(29-2)15-8-7-13(21(23,24)25)10-16(15)26(19)11-12-5-4-6-14(22)9-12/h4-10,18H,3,11H2,1-2H3,(H,27,28). The zero-order valence-electron chi connectivity index (χ0n) is 16.2.